The van der Waals surface area contributed by atoms with Crippen LogP contribution in [0.4, 0.5) is 5.69 Å². The largest absolute Gasteiger partial charge is 0.323 e. The number of amides is 2. The zero-order valence-electron chi connectivity index (χ0n) is 17.1. The van der Waals surface area contributed by atoms with Crippen LogP contribution in [0.2, 0.25) is 0 Å². The maximum Gasteiger partial charge on any atom is 0.254 e. The number of hydrogen-bond donors (Lipinski definition) is 1. The number of nitrogens with zero attached hydrogens (tertiary/aromatic N) is 5. The first-order valence-electron chi connectivity index (χ1n) is 10.7. The summed E-state index contributed by atoms with van der Waals surface area (Å²) in [6, 6.07) is 12.5. The minimum atomic E-state index is -0.476. The van der Waals surface area contributed by atoms with Crippen molar-refractivity contribution < 1.29 is 9.59 Å². The molecule has 8 heteroatoms. The molecule has 3 aromatic rings. The fraction of sp³-hybridized carbons (Fsp3) is 0.348. The summed E-state index contributed by atoms with van der Waals surface area (Å²) in [5, 5.41) is 7.01. The van der Waals surface area contributed by atoms with Crippen molar-refractivity contribution in [2.45, 2.75) is 44.2 Å². The molecule has 5 rings (SSSR count). The molecule has 1 saturated heterocycles. The van der Waals surface area contributed by atoms with Crippen molar-refractivity contribution in [2.75, 3.05) is 5.32 Å². The van der Waals surface area contributed by atoms with Gasteiger partial charge in [0.05, 0.1) is 11.9 Å². The minimum Gasteiger partial charge on any atom is -0.323 e. The van der Waals surface area contributed by atoms with Gasteiger partial charge in [-0.3, -0.25) is 9.59 Å². The zero-order valence-corrected chi connectivity index (χ0v) is 17.1. The number of anilines is 1. The van der Waals surface area contributed by atoms with Crippen LogP contribution in [0.1, 0.15) is 42.5 Å². The summed E-state index contributed by atoms with van der Waals surface area (Å²) in [4.78, 5) is 36.7. The minimum absolute atomic E-state index is 0.0604. The molecule has 1 aromatic carbocycles. The van der Waals surface area contributed by atoms with Gasteiger partial charge in [-0.25, -0.2) is 14.6 Å². The third kappa shape index (κ3) is 3.81. The summed E-state index contributed by atoms with van der Waals surface area (Å²) < 4.78 is 1.55. The Morgan fingerprint density at radius 2 is 1.87 bits per heavy atom. The predicted molar refractivity (Wildman–Crippen MR) is 115 cm³/mol. The second kappa shape index (κ2) is 8.29. The molecular weight excluding hydrogens is 392 g/mol. The summed E-state index contributed by atoms with van der Waals surface area (Å²) >= 11 is 0. The van der Waals surface area contributed by atoms with Gasteiger partial charge in [-0.2, -0.15) is 5.10 Å². The van der Waals surface area contributed by atoms with Gasteiger partial charge in [-0.1, -0.05) is 31.0 Å². The second-order valence-corrected chi connectivity index (χ2v) is 8.18. The SMILES string of the molecule is O=C(Nc1ccc(-n2cncn2)nc1)C1CC2CCCCC2N1C(=O)c1ccccc1. The first-order chi connectivity index (χ1) is 15.2. The fourth-order valence-corrected chi connectivity index (χ4v) is 4.86. The first kappa shape index (κ1) is 19.4. The van der Waals surface area contributed by atoms with Crippen LogP contribution >= 0.6 is 0 Å². The number of likely N-dealkylation sites (tertiary alicyclic amines) is 1. The third-order valence-corrected chi connectivity index (χ3v) is 6.31. The highest BCUT2D eigenvalue weighted by molar-refractivity contribution is 6.01. The Labute approximate surface area is 180 Å². The lowest BCUT2D eigenvalue weighted by Gasteiger charge is -2.33. The van der Waals surface area contributed by atoms with Crippen molar-refractivity contribution in [1.29, 1.82) is 0 Å². The summed E-state index contributed by atoms with van der Waals surface area (Å²) in [5.74, 6) is 0.775. The highest BCUT2D eigenvalue weighted by atomic mass is 16.2. The summed E-state index contributed by atoms with van der Waals surface area (Å²) in [5.41, 5.74) is 1.22. The molecule has 2 aromatic heterocycles. The lowest BCUT2D eigenvalue weighted by atomic mass is 9.84. The molecule has 2 fully saturated rings. The first-order valence-corrected chi connectivity index (χ1v) is 10.7. The molecule has 158 valence electrons. The van der Waals surface area contributed by atoms with Gasteiger partial charge in [-0.15, -0.1) is 0 Å². The Morgan fingerprint density at radius 3 is 2.61 bits per heavy atom. The average molecular weight is 416 g/mol. The van der Waals surface area contributed by atoms with E-state index in [1.54, 1.807) is 29.3 Å². The van der Waals surface area contributed by atoms with E-state index in [2.05, 4.69) is 20.4 Å². The summed E-state index contributed by atoms with van der Waals surface area (Å²) in [6.07, 6.45) is 9.60. The topological polar surface area (TPSA) is 93.0 Å². The van der Waals surface area contributed by atoms with E-state index in [0.29, 0.717) is 29.4 Å². The molecule has 2 amide bonds. The number of nitrogens with one attached hydrogen (secondary N) is 1. The van der Waals surface area contributed by atoms with Gasteiger partial charge in [0.1, 0.15) is 18.7 Å². The highest BCUT2D eigenvalue weighted by Gasteiger charge is 2.47. The van der Waals surface area contributed by atoms with Crippen LogP contribution < -0.4 is 5.32 Å². The number of carbonyl (C=O) groups is 2. The van der Waals surface area contributed by atoms with Gasteiger partial charge < -0.3 is 10.2 Å². The van der Waals surface area contributed by atoms with Crippen LogP contribution in [0.5, 0.6) is 0 Å². The number of rotatable bonds is 4. The number of fused-ring (bicyclic) bond motifs is 1. The number of aromatic nitrogens is 4. The van der Waals surface area contributed by atoms with Crippen LogP contribution in [0.15, 0.2) is 61.3 Å². The molecule has 0 radical (unpaired) electrons. The van der Waals surface area contributed by atoms with E-state index in [0.717, 1.165) is 25.7 Å². The van der Waals surface area contributed by atoms with E-state index in [1.165, 1.54) is 6.33 Å². The molecule has 8 nitrogen and oxygen atoms in total. The molecule has 3 heterocycles. The number of hydrogen-bond acceptors (Lipinski definition) is 5. The van der Waals surface area contributed by atoms with Crippen molar-refractivity contribution in [3.8, 4) is 5.82 Å². The lowest BCUT2D eigenvalue weighted by Crippen LogP contribution is -2.47. The number of benzene rings is 1. The van der Waals surface area contributed by atoms with Gasteiger partial charge in [0, 0.05) is 11.6 Å². The predicted octanol–water partition coefficient (Wildman–Crippen LogP) is 3.07. The summed E-state index contributed by atoms with van der Waals surface area (Å²) in [6.45, 7) is 0. The normalized spacial score (nSPS) is 22.7. The molecule has 1 N–H and O–H groups in total. The van der Waals surface area contributed by atoms with Crippen LogP contribution in [0, 0.1) is 5.92 Å². The number of carbonyl (C=O) groups excluding carboxylic acids is 2. The molecule has 0 spiro atoms. The van der Waals surface area contributed by atoms with Crippen LogP contribution in [-0.2, 0) is 4.79 Å². The maximum absolute atomic E-state index is 13.4. The molecule has 2 aliphatic rings. The Bertz CT molecular complexity index is 1050. The quantitative estimate of drug-likeness (QED) is 0.706. The molecule has 3 atom stereocenters. The van der Waals surface area contributed by atoms with Crippen molar-refractivity contribution >= 4 is 17.5 Å². The standard InChI is InChI=1S/C23H24N6O2/c30-22(27-18-10-11-21(25-13-18)28-15-24-14-26-28)20-12-17-8-4-5-9-19(17)29(20)23(31)16-6-2-1-3-7-16/h1-3,6-7,10-11,13-15,17,19-20H,4-5,8-9,12H2,(H,27,30). The van der Waals surface area contributed by atoms with Crippen molar-refractivity contribution in [3.05, 3.63) is 66.9 Å². The van der Waals surface area contributed by atoms with E-state index in [-0.39, 0.29) is 17.9 Å². The van der Waals surface area contributed by atoms with Gasteiger partial charge in [0.15, 0.2) is 5.82 Å². The Kier molecular flexibility index (Phi) is 5.19. The van der Waals surface area contributed by atoms with Gasteiger partial charge in [0.25, 0.3) is 5.91 Å². The van der Waals surface area contributed by atoms with E-state index in [4.69, 9.17) is 0 Å². The molecule has 1 aliphatic heterocycles. The smallest absolute Gasteiger partial charge is 0.254 e. The third-order valence-electron chi connectivity index (χ3n) is 6.31. The molecule has 0 bridgehead atoms. The Hall–Kier alpha value is -3.55. The molecule has 31 heavy (non-hydrogen) atoms. The van der Waals surface area contributed by atoms with Crippen molar-refractivity contribution in [3.63, 3.8) is 0 Å². The Balaban J connectivity index is 1.36. The van der Waals surface area contributed by atoms with Crippen LogP contribution in [0.25, 0.3) is 5.82 Å². The van der Waals surface area contributed by atoms with Crippen molar-refractivity contribution in [2.24, 2.45) is 5.92 Å². The van der Waals surface area contributed by atoms with E-state index in [1.807, 2.05) is 35.2 Å². The molecular formula is C23H24N6O2. The van der Waals surface area contributed by atoms with E-state index < -0.39 is 6.04 Å². The molecule has 3 unspecified atom stereocenters. The average Bonchev–Trinajstić information content (AvgIpc) is 3.48. The fourth-order valence-electron chi connectivity index (χ4n) is 4.86. The summed E-state index contributed by atoms with van der Waals surface area (Å²) in [7, 11) is 0. The van der Waals surface area contributed by atoms with Gasteiger partial charge in [-0.05, 0) is 49.4 Å². The Morgan fingerprint density at radius 1 is 1.03 bits per heavy atom. The van der Waals surface area contributed by atoms with Crippen LogP contribution in [-0.4, -0.2) is 48.5 Å². The van der Waals surface area contributed by atoms with Crippen molar-refractivity contribution in [1.82, 2.24) is 24.6 Å². The van der Waals surface area contributed by atoms with E-state index in [9.17, 15) is 9.59 Å². The lowest BCUT2D eigenvalue weighted by molar-refractivity contribution is -0.120. The van der Waals surface area contributed by atoms with Gasteiger partial charge >= 0.3 is 0 Å². The van der Waals surface area contributed by atoms with Crippen LogP contribution in [0.3, 0.4) is 0 Å². The maximum atomic E-state index is 13.4. The molecule has 1 aliphatic carbocycles. The second-order valence-electron chi connectivity index (χ2n) is 8.18. The monoisotopic (exact) mass is 416 g/mol. The zero-order chi connectivity index (χ0) is 21.2. The number of pyridine rings is 1. The van der Waals surface area contributed by atoms with Gasteiger partial charge in [0.2, 0.25) is 5.91 Å². The van der Waals surface area contributed by atoms with E-state index >= 15 is 0 Å². The highest BCUT2D eigenvalue weighted by Crippen LogP contribution is 2.40. The molecule has 1 saturated carbocycles.